The van der Waals surface area contributed by atoms with E-state index in [1.807, 2.05) is 29.2 Å². The van der Waals surface area contributed by atoms with Crippen molar-refractivity contribution in [3.05, 3.63) is 41.4 Å². The fraction of sp³-hybridized carbons (Fsp3) is 0.444. The molecular formula is C18H19N2O3S2Y-. The Balaban J connectivity index is 0.00000196. The number of benzene rings is 1. The van der Waals surface area contributed by atoms with Crippen LogP contribution in [0.15, 0.2) is 30.5 Å². The summed E-state index contributed by atoms with van der Waals surface area (Å²) in [6, 6.07) is 8.22. The van der Waals surface area contributed by atoms with Crippen LogP contribution in [0.25, 0.3) is 0 Å². The van der Waals surface area contributed by atoms with Gasteiger partial charge in [-0.25, -0.2) is 0 Å². The smallest absolute Gasteiger partial charge is 0.286 e. The molecule has 1 N–H and O–H groups in total. The average molecular weight is 464 g/mol. The van der Waals surface area contributed by atoms with Crippen molar-refractivity contribution < 1.29 is 47.3 Å². The Labute approximate surface area is 186 Å². The van der Waals surface area contributed by atoms with Crippen molar-refractivity contribution in [3.63, 3.8) is 0 Å². The predicted octanol–water partition coefficient (Wildman–Crippen LogP) is 3.48. The molecule has 1 aliphatic carbocycles. The Kier molecular flexibility index (Phi) is 6.78. The van der Waals surface area contributed by atoms with Gasteiger partial charge in [0, 0.05) is 56.0 Å². The monoisotopic (exact) mass is 464 g/mol. The van der Waals surface area contributed by atoms with E-state index in [9.17, 15) is 9.90 Å². The van der Waals surface area contributed by atoms with Gasteiger partial charge in [-0.2, -0.15) is 5.38 Å². The molecular weight excluding hydrogens is 445 g/mol. The van der Waals surface area contributed by atoms with E-state index in [0.717, 1.165) is 36.3 Å². The standard InChI is InChI=1S/C18H19N2O3S2.Y/c21-12-18(6-7-18)13-1-3-14(4-2-13)20-15(11-25-17(20)22)5-9-23-16-19-8-10-24-16;/h1-4,8,15,21H,5-7,9,11-12H2;/q-1;/t15-;/m0./s1. The number of carbonyl (C=O) groups is 1. The number of thioether (sulfide) groups is 1. The quantitative estimate of drug-likeness (QED) is 0.636. The molecule has 0 spiro atoms. The number of anilines is 1. The van der Waals surface area contributed by atoms with Gasteiger partial charge in [0.1, 0.15) is 5.19 Å². The van der Waals surface area contributed by atoms with Crippen molar-refractivity contribution >= 4 is 34.0 Å². The fourth-order valence-corrected chi connectivity index (χ4v) is 4.68. The topological polar surface area (TPSA) is 62.7 Å². The van der Waals surface area contributed by atoms with Crippen LogP contribution in [0.1, 0.15) is 24.8 Å². The first kappa shape index (κ1) is 20.3. The van der Waals surface area contributed by atoms with Crippen LogP contribution in [-0.4, -0.2) is 40.3 Å². The van der Waals surface area contributed by atoms with E-state index in [1.54, 1.807) is 6.20 Å². The molecule has 1 aromatic carbocycles. The third-order valence-corrected chi connectivity index (χ3v) is 6.54. The first-order chi connectivity index (χ1) is 12.2. The number of thiazole rings is 1. The molecule has 135 valence electrons. The normalized spacial score (nSPS) is 20.7. The number of hydrogen-bond donors (Lipinski definition) is 1. The molecule has 5 nitrogen and oxygen atoms in total. The maximum atomic E-state index is 12.3. The number of aromatic nitrogens is 1. The minimum Gasteiger partial charge on any atom is -0.554 e. The molecule has 1 radical (unpaired) electrons. The zero-order chi connectivity index (χ0) is 17.3. The number of nitrogens with zero attached hydrogens (tertiary/aromatic N) is 2. The fourth-order valence-electron chi connectivity index (χ4n) is 3.19. The molecule has 4 rings (SSSR count). The zero-order valence-corrected chi connectivity index (χ0v) is 18.7. The van der Waals surface area contributed by atoms with E-state index in [1.165, 1.54) is 23.1 Å². The van der Waals surface area contributed by atoms with Gasteiger partial charge < -0.3 is 14.8 Å². The summed E-state index contributed by atoms with van der Waals surface area (Å²) in [7, 11) is 0. The summed E-state index contributed by atoms with van der Waals surface area (Å²) in [5.74, 6) is 0.772. The SMILES string of the molecule is O=C1SC[C@H](CCOc2nc[c-]s2)N1c1ccc(C2(CO)CC2)cc1.[Y]. The second kappa shape index (κ2) is 8.69. The maximum Gasteiger partial charge on any atom is 0.286 e. The Bertz CT molecular complexity index is 735. The van der Waals surface area contributed by atoms with Crippen LogP contribution in [0.4, 0.5) is 10.5 Å². The number of aliphatic hydroxyl groups excluding tert-OH is 1. The molecule has 1 saturated heterocycles. The van der Waals surface area contributed by atoms with Gasteiger partial charge in [-0.05, 0) is 30.5 Å². The summed E-state index contributed by atoms with van der Waals surface area (Å²) in [6.07, 6.45) is 4.44. The minimum atomic E-state index is -0.0414. The molecule has 2 fully saturated rings. The molecule has 0 unspecified atom stereocenters. The van der Waals surface area contributed by atoms with Gasteiger partial charge in [-0.15, -0.1) is 0 Å². The zero-order valence-electron chi connectivity index (χ0n) is 14.3. The predicted molar refractivity (Wildman–Crippen MR) is 99.6 cm³/mol. The maximum absolute atomic E-state index is 12.3. The summed E-state index contributed by atoms with van der Waals surface area (Å²) in [5.41, 5.74) is 2.04. The largest absolute Gasteiger partial charge is 0.554 e. The van der Waals surface area contributed by atoms with Crippen LogP contribution >= 0.6 is 23.1 Å². The van der Waals surface area contributed by atoms with Gasteiger partial charge in [0.2, 0.25) is 0 Å². The van der Waals surface area contributed by atoms with Crippen molar-refractivity contribution in [2.24, 2.45) is 0 Å². The summed E-state index contributed by atoms with van der Waals surface area (Å²) < 4.78 is 5.62. The van der Waals surface area contributed by atoms with Gasteiger partial charge in [0.25, 0.3) is 5.24 Å². The van der Waals surface area contributed by atoms with Crippen LogP contribution in [-0.2, 0) is 38.1 Å². The van der Waals surface area contributed by atoms with E-state index in [4.69, 9.17) is 4.74 Å². The van der Waals surface area contributed by atoms with E-state index in [0.29, 0.717) is 11.8 Å². The van der Waals surface area contributed by atoms with Crippen LogP contribution in [0, 0.1) is 5.38 Å². The number of ether oxygens (including phenoxy) is 1. The van der Waals surface area contributed by atoms with Crippen LogP contribution in [0.3, 0.4) is 0 Å². The van der Waals surface area contributed by atoms with Crippen LogP contribution < -0.4 is 9.64 Å². The molecule has 26 heavy (non-hydrogen) atoms. The van der Waals surface area contributed by atoms with E-state index in [-0.39, 0.29) is 56.0 Å². The number of hydrogen-bond acceptors (Lipinski definition) is 6. The van der Waals surface area contributed by atoms with Gasteiger partial charge in [-0.3, -0.25) is 21.0 Å². The van der Waals surface area contributed by atoms with E-state index >= 15 is 0 Å². The van der Waals surface area contributed by atoms with Gasteiger partial charge in [0.05, 0.1) is 19.3 Å². The Morgan fingerprint density at radius 3 is 2.73 bits per heavy atom. The van der Waals surface area contributed by atoms with Crippen molar-refractivity contribution in [2.45, 2.75) is 30.7 Å². The second-order valence-electron chi connectivity index (χ2n) is 6.47. The first-order valence-corrected chi connectivity index (χ1v) is 10.1. The van der Waals surface area contributed by atoms with E-state index < -0.39 is 0 Å². The van der Waals surface area contributed by atoms with Gasteiger partial charge in [0.15, 0.2) is 0 Å². The molecule has 2 aromatic rings. The third kappa shape index (κ3) is 4.17. The first-order valence-electron chi connectivity index (χ1n) is 8.34. The third-order valence-electron chi connectivity index (χ3n) is 4.92. The van der Waals surface area contributed by atoms with Crippen molar-refractivity contribution in [1.29, 1.82) is 0 Å². The Hall–Kier alpha value is -0.466. The van der Waals surface area contributed by atoms with Gasteiger partial charge >= 0.3 is 0 Å². The number of amides is 1. The summed E-state index contributed by atoms with van der Waals surface area (Å²) in [4.78, 5) is 18.2. The number of aliphatic hydroxyl groups is 1. The number of rotatable bonds is 7. The summed E-state index contributed by atoms with van der Waals surface area (Å²) >= 11 is 2.71. The molecule has 1 aromatic heterocycles. The van der Waals surface area contributed by atoms with Gasteiger partial charge in [-0.1, -0.05) is 30.1 Å². The molecule has 1 amide bonds. The summed E-state index contributed by atoms with van der Waals surface area (Å²) in [5, 5.41) is 13.2. The molecule has 2 heterocycles. The second-order valence-corrected chi connectivity index (χ2v) is 8.23. The van der Waals surface area contributed by atoms with Crippen molar-refractivity contribution in [2.75, 3.05) is 23.9 Å². The van der Waals surface area contributed by atoms with Crippen LogP contribution in [0.5, 0.6) is 5.19 Å². The molecule has 2 aliphatic rings. The number of carbonyl (C=O) groups excluding carboxylic acids is 1. The minimum absolute atomic E-state index is 0. The van der Waals surface area contributed by atoms with E-state index in [2.05, 4.69) is 10.4 Å². The van der Waals surface area contributed by atoms with Crippen LogP contribution in [0.2, 0.25) is 0 Å². The molecule has 1 atom stereocenters. The molecule has 1 aliphatic heterocycles. The average Bonchev–Trinajstić information content (AvgIpc) is 3.10. The van der Waals surface area contributed by atoms with Crippen molar-refractivity contribution in [3.8, 4) is 5.19 Å². The summed E-state index contributed by atoms with van der Waals surface area (Å²) in [6.45, 7) is 0.723. The Morgan fingerprint density at radius 2 is 2.12 bits per heavy atom. The molecule has 1 saturated carbocycles. The molecule has 8 heteroatoms. The van der Waals surface area contributed by atoms with Crippen molar-refractivity contribution in [1.82, 2.24) is 4.98 Å². The Morgan fingerprint density at radius 1 is 1.35 bits per heavy atom. The molecule has 0 bridgehead atoms.